The first-order valence-electron chi connectivity index (χ1n) is 15.3. The summed E-state index contributed by atoms with van der Waals surface area (Å²) >= 11 is 0. The van der Waals surface area contributed by atoms with E-state index in [1.165, 1.54) is 32.1 Å². The van der Waals surface area contributed by atoms with Crippen LogP contribution in [0.3, 0.4) is 0 Å². The van der Waals surface area contributed by atoms with Crippen molar-refractivity contribution in [2.24, 2.45) is 5.92 Å². The Labute approximate surface area is 241 Å². The molecule has 0 unspecified atom stereocenters. The molecule has 1 atom stereocenters. The van der Waals surface area contributed by atoms with Crippen LogP contribution in [0.5, 0.6) is 0 Å². The van der Waals surface area contributed by atoms with Gasteiger partial charge in [-0.15, -0.1) is 0 Å². The first-order valence-corrected chi connectivity index (χ1v) is 15.3. The number of pyridine rings is 1. The van der Waals surface area contributed by atoms with Gasteiger partial charge in [-0.2, -0.15) is 0 Å². The number of piperidine rings is 1. The Bertz CT molecular complexity index is 1310. The van der Waals surface area contributed by atoms with Gasteiger partial charge in [0.2, 0.25) is 0 Å². The highest BCUT2D eigenvalue weighted by Gasteiger charge is 2.39. The van der Waals surface area contributed by atoms with Gasteiger partial charge in [0.25, 0.3) is 5.91 Å². The second kappa shape index (κ2) is 11.6. The molecule has 2 heterocycles. The van der Waals surface area contributed by atoms with E-state index < -0.39 is 0 Å². The van der Waals surface area contributed by atoms with Gasteiger partial charge in [-0.05, 0) is 79.3 Å². The average Bonchev–Trinajstić information content (AvgIpc) is 2.91. The third kappa shape index (κ3) is 6.42. The van der Waals surface area contributed by atoms with E-state index in [1.807, 2.05) is 24.3 Å². The first kappa shape index (κ1) is 28.8. The number of benzene rings is 2. The van der Waals surface area contributed by atoms with Crippen LogP contribution in [0.4, 0.5) is 0 Å². The van der Waals surface area contributed by atoms with Crippen molar-refractivity contribution < 1.29 is 4.79 Å². The minimum Gasteiger partial charge on any atom is -0.349 e. The summed E-state index contributed by atoms with van der Waals surface area (Å²) in [6.45, 7) is 12.1. The largest absolute Gasteiger partial charge is 0.349 e. The van der Waals surface area contributed by atoms with Crippen molar-refractivity contribution >= 4 is 16.8 Å². The Kier molecular flexibility index (Phi) is 8.35. The number of carbonyl (C=O) groups excluding carboxylic acids is 1. The van der Waals surface area contributed by atoms with Gasteiger partial charge in [0.15, 0.2) is 0 Å². The maximum atomic E-state index is 14.3. The molecule has 1 aliphatic carbocycles. The van der Waals surface area contributed by atoms with Crippen LogP contribution in [0.2, 0.25) is 0 Å². The van der Waals surface area contributed by atoms with E-state index >= 15 is 0 Å². The van der Waals surface area contributed by atoms with E-state index in [2.05, 4.69) is 87.5 Å². The number of rotatable bonds is 7. The number of hydrogen-bond donors (Lipinski definition) is 2. The Hall–Kier alpha value is -2.76. The van der Waals surface area contributed by atoms with Crippen molar-refractivity contribution in [1.29, 1.82) is 0 Å². The Morgan fingerprint density at radius 2 is 1.60 bits per heavy atom. The number of carbonyl (C=O) groups is 1. The van der Waals surface area contributed by atoms with Crippen molar-refractivity contribution in [1.82, 2.24) is 20.5 Å². The highest BCUT2D eigenvalue weighted by Crippen LogP contribution is 2.36. The summed E-state index contributed by atoms with van der Waals surface area (Å²) in [4.78, 5) is 22.0. The predicted octanol–water partition coefficient (Wildman–Crippen LogP) is 7.34. The number of nitrogens with zero attached hydrogens (tertiary/aromatic N) is 2. The maximum Gasteiger partial charge on any atom is 0.252 e. The summed E-state index contributed by atoms with van der Waals surface area (Å²) in [5, 5.41) is 8.22. The number of fused-ring (bicyclic) bond motifs is 1. The molecule has 214 valence electrons. The summed E-state index contributed by atoms with van der Waals surface area (Å²) in [6, 6.07) is 19.1. The van der Waals surface area contributed by atoms with Crippen molar-refractivity contribution in [2.75, 3.05) is 7.05 Å². The van der Waals surface area contributed by atoms with Gasteiger partial charge in [0, 0.05) is 46.2 Å². The van der Waals surface area contributed by atoms with Crippen molar-refractivity contribution in [2.45, 2.75) is 109 Å². The first-order chi connectivity index (χ1) is 19.0. The molecule has 1 amide bonds. The second-order valence-electron chi connectivity index (χ2n) is 13.7. The standard InChI is InChI=1S/C35H48N4O/c1-24(25-15-9-7-10-16-25)36-33(40)31-28-19-13-14-20-30(28)37-32(26-17-11-8-12-18-26)29(31)23-39(6)27-21-34(2,3)38-35(4,5)22-27/h8,11-14,17-20,24-25,27,38H,7,9-10,15-16,21-23H2,1-6H3,(H,36,40)/t24-/m0/s1. The van der Waals surface area contributed by atoms with Crippen LogP contribution >= 0.6 is 0 Å². The fourth-order valence-electron chi connectivity index (χ4n) is 7.49. The molecule has 5 rings (SSSR count). The fraction of sp³-hybridized carbons (Fsp3) is 0.543. The van der Waals surface area contributed by atoms with Gasteiger partial charge < -0.3 is 10.6 Å². The molecule has 3 aromatic rings. The SMILES string of the molecule is C[C@H](NC(=O)c1c(CN(C)C2CC(C)(C)NC(C)(C)C2)c(-c2ccccc2)nc2ccccc12)C1CCCCC1. The normalized spacial score (nSPS) is 20.5. The lowest BCUT2D eigenvalue weighted by molar-refractivity contribution is 0.0769. The lowest BCUT2D eigenvalue weighted by Crippen LogP contribution is -2.61. The van der Waals surface area contributed by atoms with Crippen molar-refractivity contribution in [3.8, 4) is 11.3 Å². The molecule has 2 fully saturated rings. The van der Waals surface area contributed by atoms with E-state index in [1.54, 1.807) is 0 Å². The van der Waals surface area contributed by atoms with Gasteiger partial charge in [-0.25, -0.2) is 4.98 Å². The zero-order chi connectivity index (χ0) is 28.5. The number of aromatic nitrogens is 1. The molecule has 2 aromatic carbocycles. The molecule has 2 N–H and O–H groups in total. The topological polar surface area (TPSA) is 57.3 Å². The number of hydrogen-bond acceptors (Lipinski definition) is 4. The molecule has 1 saturated heterocycles. The highest BCUT2D eigenvalue weighted by molar-refractivity contribution is 6.09. The Morgan fingerprint density at radius 1 is 0.975 bits per heavy atom. The number of amides is 1. The van der Waals surface area contributed by atoms with Crippen LogP contribution in [-0.2, 0) is 6.54 Å². The van der Waals surface area contributed by atoms with Crippen molar-refractivity contribution in [3.63, 3.8) is 0 Å². The average molecular weight is 541 g/mol. The molecular formula is C35H48N4O. The zero-order valence-electron chi connectivity index (χ0n) is 25.4. The monoisotopic (exact) mass is 540 g/mol. The minimum absolute atomic E-state index is 0.0308. The molecule has 0 bridgehead atoms. The molecule has 1 aromatic heterocycles. The molecule has 1 saturated carbocycles. The van der Waals surface area contributed by atoms with E-state index in [-0.39, 0.29) is 23.0 Å². The molecule has 0 spiro atoms. The van der Waals surface area contributed by atoms with E-state index in [0.717, 1.165) is 46.1 Å². The van der Waals surface area contributed by atoms with E-state index in [4.69, 9.17) is 4.98 Å². The summed E-state index contributed by atoms with van der Waals surface area (Å²) < 4.78 is 0. The lowest BCUT2D eigenvalue weighted by atomic mass is 9.79. The summed E-state index contributed by atoms with van der Waals surface area (Å²) in [6.07, 6.45) is 8.34. The third-order valence-electron chi connectivity index (χ3n) is 9.18. The molecule has 40 heavy (non-hydrogen) atoms. The van der Waals surface area contributed by atoms with Crippen LogP contribution in [0, 0.1) is 5.92 Å². The zero-order valence-corrected chi connectivity index (χ0v) is 25.4. The Morgan fingerprint density at radius 3 is 2.27 bits per heavy atom. The molecule has 2 aliphatic rings. The lowest BCUT2D eigenvalue weighted by Gasteiger charge is -2.49. The minimum atomic E-state index is 0.0308. The Balaban J connectivity index is 1.59. The smallest absolute Gasteiger partial charge is 0.252 e. The summed E-state index contributed by atoms with van der Waals surface area (Å²) in [7, 11) is 2.22. The third-order valence-corrected chi connectivity index (χ3v) is 9.18. The van der Waals surface area contributed by atoms with Crippen LogP contribution < -0.4 is 10.6 Å². The van der Waals surface area contributed by atoms with Crippen LogP contribution in [0.15, 0.2) is 54.6 Å². The van der Waals surface area contributed by atoms with Crippen LogP contribution in [0.25, 0.3) is 22.2 Å². The molecular weight excluding hydrogens is 492 g/mol. The number of nitrogens with one attached hydrogen (secondary N) is 2. The highest BCUT2D eigenvalue weighted by atomic mass is 16.1. The van der Waals surface area contributed by atoms with Gasteiger partial charge in [0.1, 0.15) is 0 Å². The van der Waals surface area contributed by atoms with E-state index in [0.29, 0.717) is 18.5 Å². The van der Waals surface area contributed by atoms with Gasteiger partial charge in [-0.3, -0.25) is 9.69 Å². The fourth-order valence-corrected chi connectivity index (χ4v) is 7.49. The predicted molar refractivity (Wildman–Crippen MR) is 166 cm³/mol. The number of para-hydroxylation sites is 1. The van der Waals surface area contributed by atoms with Gasteiger partial charge >= 0.3 is 0 Å². The summed E-state index contributed by atoms with van der Waals surface area (Å²) in [5.41, 5.74) is 4.72. The quantitative estimate of drug-likeness (QED) is 0.329. The molecule has 5 heteroatoms. The van der Waals surface area contributed by atoms with Gasteiger partial charge in [-0.1, -0.05) is 67.8 Å². The maximum absolute atomic E-state index is 14.3. The second-order valence-corrected chi connectivity index (χ2v) is 13.7. The van der Waals surface area contributed by atoms with Crippen molar-refractivity contribution in [3.05, 3.63) is 65.7 Å². The van der Waals surface area contributed by atoms with Crippen LogP contribution in [-0.4, -0.2) is 46.0 Å². The summed E-state index contributed by atoms with van der Waals surface area (Å²) in [5.74, 6) is 0.577. The van der Waals surface area contributed by atoms with E-state index in [9.17, 15) is 4.79 Å². The van der Waals surface area contributed by atoms with Gasteiger partial charge in [0.05, 0.1) is 16.8 Å². The molecule has 0 radical (unpaired) electrons. The molecule has 5 nitrogen and oxygen atoms in total. The van der Waals surface area contributed by atoms with Crippen LogP contribution in [0.1, 0.15) is 95.5 Å². The molecule has 1 aliphatic heterocycles.